The average Bonchev–Trinajstić information content (AvgIpc) is 2.34. The Morgan fingerprint density at radius 3 is 2.41 bits per heavy atom. The van der Waals surface area contributed by atoms with E-state index in [0.29, 0.717) is 18.2 Å². The van der Waals surface area contributed by atoms with Gasteiger partial charge in [-0.05, 0) is 19.3 Å². The molecule has 1 rings (SSSR count). The first kappa shape index (κ1) is 14.6. The monoisotopic (exact) mass is 261 g/mol. The maximum Gasteiger partial charge on any atom is 0.364 e. The molecule has 2 N–H and O–H groups in total. The molecule has 0 aromatic heterocycles. The van der Waals surface area contributed by atoms with Gasteiger partial charge in [-0.2, -0.15) is 0 Å². The molecule has 1 unspecified atom stereocenters. The summed E-state index contributed by atoms with van der Waals surface area (Å²) in [5.41, 5.74) is 0.992. The van der Waals surface area contributed by atoms with Gasteiger partial charge in [0, 0.05) is 18.2 Å². The van der Waals surface area contributed by atoms with Crippen molar-refractivity contribution in [3.8, 4) is 0 Å². The first-order valence-electron chi connectivity index (χ1n) is 6.56. The van der Waals surface area contributed by atoms with E-state index in [1.54, 1.807) is 0 Å². The summed E-state index contributed by atoms with van der Waals surface area (Å²) < 4.78 is 15.8. The molecule has 1 aliphatic carbocycles. The zero-order valence-corrected chi connectivity index (χ0v) is 11.8. The van der Waals surface area contributed by atoms with E-state index < -0.39 is 8.25 Å². The smallest absolute Gasteiger partial charge is 0.364 e. The van der Waals surface area contributed by atoms with Gasteiger partial charge in [-0.1, -0.05) is 33.1 Å². The van der Waals surface area contributed by atoms with E-state index in [1.807, 2.05) is 13.8 Å². The van der Waals surface area contributed by atoms with Crippen LogP contribution in [0.5, 0.6) is 0 Å². The fourth-order valence-corrected chi connectivity index (χ4v) is 2.80. The molecule has 5 heteroatoms. The first-order valence-corrected chi connectivity index (χ1v) is 7.83. The predicted molar refractivity (Wildman–Crippen MR) is 69.9 cm³/mol. The lowest BCUT2D eigenvalue weighted by molar-refractivity contribution is 0.327. The predicted octanol–water partition coefficient (Wildman–Crippen LogP) is 3.34. The fourth-order valence-electron chi connectivity index (χ4n) is 2.33. The van der Waals surface area contributed by atoms with Crippen LogP contribution < -0.4 is 5.32 Å². The van der Waals surface area contributed by atoms with Gasteiger partial charge in [0.2, 0.25) is 0 Å². The van der Waals surface area contributed by atoms with Gasteiger partial charge in [0.25, 0.3) is 0 Å². The van der Waals surface area contributed by atoms with E-state index in [2.05, 4.69) is 5.32 Å². The second-order valence-corrected chi connectivity index (χ2v) is 5.19. The van der Waals surface area contributed by atoms with Crippen LogP contribution in [0.3, 0.4) is 0 Å². The highest BCUT2D eigenvalue weighted by molar-refractivity contribution is 7.32. The molecule has 0 saturated heterocycles. The number of hydrogen-bond donors (Lipinski definition) is 2. The largest absolute Gasteiger partial charge is 0.429 e. The minimum atomic E-state index is -2.89. The van der Waals surface area contributed by atoms with Gasteiger partial charge in [0.05, 0.1) is 0 Å². The van der Waals surface area contributed by atoms with Gasteiger partial charge in [-0.3, -0.25) is 0 Å². The molecule has 0 aromatic rings. The minimum absolute atomic E-state index is 0.505. The normalized spacial score (nSPS) is 20.6. The third-order valence-corrected chi connectivity index (χ3v) is 3.63. The van der Waals surface area contributed by atoms with E-state index in [1.165, 1.54) is 32.1 Å². The Balaban J connectivity index is 2.65. The Morgan fingerprint density at radius 1 is 1.29 bits per heavy atom. The minimum Gasteiger partial charge on any atom is -0.429 e. The van der Waals surface area contributed by atoms with Gasteiger partial charge in [0.1, 0.15) is 5.76 Å². The lowest BCUT2D eigenvalue weighted by Gasteiger charge is -2.26. The molecule has 0 amide bonds. The molecule has 1 aliphatic rings. The van der Waals surface area contributed by atoms with Crippen LogP contribution in [0, 0.1) is 0 Å². The van der Waals surface area contributed by atoms with Gasteiger partial charge >= 0.3 is 8.25 Å². The van der Waals surface area contributed by atoms with Crippen molar-refractivity contribution >= 4 is 8.25 Å². The van der Waals surface area contributed by atoms with Crippen molar-refractivity contribution in [1.29, 1.82) is 0 Å². The number of rotatable bonds is 6. The summed E-state index contributed by atoms with van der Waals surface area (Å²) in [6.07, 6.45) is 7.71. The van der Waals surface area contributed by atoms with Crippen molar-refractivity contribution in [2.24, 2.45) is 0 Å². The topological polar surface area (TPSA) is 58.6 Å². The summed E-state index contributed by atoms with van der Waals surface area (Å²) in [4.78, 5) is 8.87. The summed E-state index contributed by atoms with van der Waals surface area (Å²) in [6, 6.07) is 0.505. The highest BCUT2D eigenvalue weighted by Gasteiger charge is 2.16. The second kappa shape index (κ2) is 7.78. The summed E-state index contributed by atoms with van der Waals surface area (Å²) in [5.74, 6) is 0.643. The molecule has 1 atom stereocenters. The summed E-state index contributed by atoms with van der Waals surface area (Å²) in [7, 11) is -2.89. The lowest BCUT2D eigenvalue weighted by atomic mass is 9.95. The molecule has 0 bridgehead atoms. The van der Waals surface area contributed by atoms with Gasteiger partial charge in [0.15, 0.2) is 0 Å². The maximum absolute atomic E-state index is 10.8. The molecule has 4 nitrogen and oxygen atoms in total. The maximum atomic E-state index is 10.8. The Hall–Kier alpha value is -0.470. The molecule has 100 valence electrons. The zero-order valence-electron chi connectivity index (χ0n) is 10.8. The van der Waals surface area contributed by atoms with E-state index >= 15 is 0 Å². The number of nitrogens with one attached hydrogen (secondary N) is 1. The number of allylic oxidation sites excluding steroid dienone is 2. The summed E-state index contributed by atoms with van der Waals surface area (Å²) >= 11 is 0. The van der Waals surface area contributed by atoms with Gasteiger partial charge < -0.3 is 14.7 Å². The third-order valence-electron chi connectivity index (χ3n) is 3.21. The van der Waals surface area contributed by atoms with Crippen LogP contribution in [-0.2, 0) is 9.09 Å². The Bertz CT molecular complexity index is 285. The van der Waals surface area contributed by atoms with Crippen molar-refractivity contribution in [2.75, 3.05) is 0 Å². The molecular formula is C12H24NO3P. The SMILES string of the molecule is CCC(NC1CCCCC1)=C(CC)O[PH](=O)O. The van der Waals surface area contributed by atoms with Crippen LogP contribution in [0.15, 0.2) is 11.5 Å². The standard InChI is InChI=1S/C12H24NO3P/c1-3-11(12(4-2)16-17(14)15)13-10-8-6-5-7-9-10/h10,13,17H,3-9H2,1-2H3,(H,14,15). The molecule has 1 fully saturated rings. The Labute approximate surface area is 104 Å². The van der Waals surface area contributed by atoms with Crippen LogP contribution >= 0.6 is 8.25 Å². The molecule has 0 heterocycles. The molecule has 0 aromatic carbocycles. The first-order chi connectivity index (χ1) is 8.17. The van der Waals surface area contributed by atoms with Gasteiger partial charge in [-0.25, -0.2) is 4.57 Å². The lowest BCUT2D eigenvalue weighted by Crippen LogP contribution is -2.31. The van der Waals surface area contributed by atoms with Crippen molar-refractivity contribution in [3.63, 3.8) is 0 Å². The summed E-state index contributed by atoms with van der Waals surface area (Å²) in [6.45, 7) is 3.98. The average molecular weight is 261 g/mol. The zero-order chi connectivity index (χ0) is 12.7. The van der Waals surface area contributed by atoms with E-state index in [-0.39, 0.29) is 0 Å². The van der Waals surface area contributed by atoms with E-state index in [0.717, 1.165) is 12.1 Å². The highest BCUT2D eigenvalue weighted by atomic mass is 31.1. The summed E-state index contributed by atoms with van der Waals surface area (Å²) in [5, 5.41) is 3.48. The quantitative estimate of drug-likeness (QED) is 0.568. The van der Waals surface area contributed by atoms with Crippen LogP contribution in [-0.4, -0.2) is 10.9 Å². The second-order valence-electron chi connectivity index (χ2n) is 4.46. The van der Waals surface area contributed by atoms with E-state index in [4.69, 9.17) is 9.42 Å². The molecule has 1 saturated carbocycles. The Kier molecular flexibility index (Phi) is 6.68. The number of hydrogen-bond acceptors (Lipinski definition) is 3. The third kappa shape index (κ3) is 5.13. The fraction of sp³-hybridized carbons (Fsp3) is 0.833. The van der Waals surface area contributed by atoms with Crippen molar-refractivity contribution in [2.45, 2.75) is 64.8 Å². The molecule has 0 spiro atoms. The molecule has 0 aliphatic heterocycles. The van der Waals surface area contributed by atoms with Crippen LogP contribution in [0.2, 0.25) is 0 Å². The van der Waals surface area contributed by atoms with Crippen LogP contribution in [0.25, 0.3) is 0 Å². The molecular weight excluding hydrogens is 237 g/mol. The van der Waals surface area contributed by atoms with E-state index in [9.17, 15) is 4.57 Å². The van der Waals surface area contributed by atoms with Crippen molar-refractivity contribution < 1.29 is 14.0 Å². The van der Waals surface area contributed by atoms with Crippen molar-refractivity contribution in [3.05, 3.63) is 11.5 Å². The Morgan fingerprint density at radius 2 is 1.94 bits per heavy atom. The van der Waals surface area contributed by atoms with Crippen molar-refractivity contribution in [1.82, 2.24) is 5.32 Å². The van der Waals surface area contributed by atoms with Crippen LogP contribution in [0.4, 0.5) is 0 Å². The van der Waals surface area contributed by atoms with Gasteiger partial charge in [-0.15, -0.1) is 0 Å². The highest BCUT2D eigenvalue weighted by Crippen LogP contribution is 2.26. The molecule has 17 heavy (non-hydrogen) atoms. The van der Waals surface area contributed by atoms with Crippen LogP contribution in [0.1, 0.15) is 58.8 Å². The molecule has 0 radical (unpaired) electrons.